The molecule has 136 valence electrons. The number of hydrogen-bond acceptors (Lipinski definition) is 3. The molecule has 3 N–H and O–H groups in total. The second-order valence-corrected chi connectivity index (χ2v) is 7.46. The smallest absolute Gasteiger partial charge is 0.268 e. The molecule has 0 bridgehead atoms. The third-order valence-electron chi connectivity index (χ3n) is 5.43. The highest BCUT2D eigenvalue weighted by Gasteiger charge is 2.36. The van der Waals surface area contributed by atoms with E-state index in [0.29, 0.717) is 18.5 Å². The molecule has 2 aromatic heterocycles. The molecule has 6 heteroatoms. The predicted molar refractivity (Wildman–Crippen MR) is 99.9 cm³/mol. The number of amides is 1. The van der Waals surface area contributed by atoms with Gasteiger partial charge in [0.25, 0.3) is 5.91 Å². The van der Waals surface area contributed by atoms with Crippen molar-refractivity contribution in [3.8, 4) is 0 Å². The van der Waals surface area contributed by atoms with Crippen LogP contribution in [0, 0.1) is 19.8 Å². The zero-order chi connectivity index (χ0) is 18.4. The van der Waals surface area contributed by atoms with Crippen LogP contribution in [0.4, 0.5) is 0 Å². The van der Waals surface area contributed by atoms with Crippen molar-refractivity contribution < 1.29 is 9.90 Å². The first-order valence-electron chi connectivity index (χ1n) is 8.98. The minimum atomic E-state index is -0.270. The maximum atomic E-state index is 13.0. The number of nitrogens with zero attached hydrogens (tertiary/aromatic N) is 2. The van der Waals surface area contributed by atoms with Gasteiger partial charge in [0.05, 0.1) is 18.3 Å². The van der Waals surface area contributed by atoms with Crippen LogP contribution in [0.5, 0.6) is 0 Å². The molecule has 26 heavy (non-hydrogen) atoms. The van der Waals surface area contributed by atoms with Crippen molar-refractivity contribution in [1.29, 1.82) is 0 Å². The molecule has 4 rings (SSSR count). The molecule has 2 heterocycles. The number of aryl methyl sites for hydroxylation is 3. The Bertz CT molecular complexity index is 966. The van der Waals surface area contributed by atoms with E-state index in [-0.39, 0.29) is 24.0 Å². The van der Waals surface area contributed by atoms with E-state index in [1.807, 2.05) is 39.2 Å². The Hall–Kier alpha value is -2.60. The zero-order valence-corrected chi connectivity index (χ0v) is 15.3. The van der Waals surface area contributed by atoms with Gasteiger partial charge in [-0.25, -0.2) is 0 Å². The van der Waals surface area contributed by atoms with Gasteiger partial charge in [-0.2, -0.15) is 5.10 Å². The van der Waals surface area contributed by atoms with Crippen LogP contribution >= 0.6 is 0 Å². The molecule has 0 aliphatic heterocycles. The molecule has 1 aromatic carbocycles. The minimum absolute atomic E-state index is 0.119. The number of aliphatic hydroxyl groups is 1. The summed E-state index contributed by atoms with van der Waals surface area (Å²) in [5, 5.41) is 18.2. The lowest BCUT2D eigenvalue weighted by molar-refractivity contribution is 0.0234. The van der Waals surface area contributed by atoms with E-state index >= 15 is 0 Å². The van der Waals surface area contributed by atoms with Gasteiger partial charge >= 0.3 is 0 Å². The molecule has 0 radical (unpaired) electrons. The lowest BCUT2D eigenvalue weighted by atomic mass is 9.75. The van der Waals surface area contributed by atoms with Gasteiger partial charge in [-0.3, -0.25) is 9.48 Å². The number of H-pyrrole nitrogens is 1. The van der Waals surface area contributed by atoms with Crippen LogP contribution in [0.25, 0.3) is 10.9 Å². The van der Waals surface area contributed by atoms with Crippen molar-refractivity contribution in [3.63, 3.8) is 0 Å². The SMILES string of the molecule is Cc1ccc2[nH]c(C(=O)N[C@H](c3cnn(C)c3)C3CC(O)C3)c(C)c2c1. The van der Waals surface area contributed by atoms with Gasteiger partial charge < -0.3 is 15.4 Å². The molecule has 3 aromatic rings. The number of aromatic amines is 1. The molecular formula is C20H24N4O2. The van der Waals surface area contributed by atoms with E-state index in [1.165, 1.54) is 5.56 Å². The summed E-state index contributed by atoms with van der Waals surface area (Å²) < 4.78 is 1.74. The van der Waals surface area contributed by atoms with Crippen molar-refractivity contribution in [1.82, 2.24) is 20.1 Å². The number of rotatable bonds is 4. The molecule has 6 nitrogen and oxygen atoms in total. The first kappa shape index (κ1) is 16.8. The number of carbonyl (C=O) groups excluding carboxylic acids is 1. The number of carbonyl (C=O) groups is 1. The third-order valence-corrected chi connectivity index (χ3v) is 5.43. The topological polar surface area (TPSA) is 82.9 Å². The predicted octanol–water partition coefficient (Wildman–Crippen LogP) is 2.76. The largest absolute Gasteiger partial charge is 0.393 e. The fraction of sp³-hybridized carbons (Fsp3) is 0.400. The maximum Gasteiger partial charge on any atom is 0.268 e. The average Bonchev–Trinajstić information content (AvgIpc) is 3.14. The van der Waals surface area contributed by atoms with E-state index in [0.717, 1.165) is 22.0 Å². The van der Waals surface area contributed by atoms with Crippen molar-refractivity contribution in [2.45, 2.75) is 38.8 Å². The fourth-order valence-electron chi connectivity index (χ4n) is 3.86. The fourth-order valence-corrected chi connectivity index (χ4v) is 3.86. The Morgan fingerprint density at radius 3 is 2.81 bits per heavy atom. The van der Waals surface area contributed by atoms with Crippen molar-refractivity contribution in [2.24, 2.45) is 13.0 Å². The molecule has 0 saturated heterocycles. The molecular weight excluding hydrogens is 328 g/mol. The van der Waals surface area contributed by atoms with Crippen LogP contribution in [0.2, 0.25) is 0 Å². The van der Waals surface area contributed by atoms with Gasteiger partial charge in [-0.15, -0.1) is 0 Å². The number of benzene rings is 1. The van der Waals surface area contributed by atoms with Gasteiger partial charge in [0.2, 0.25) is 0 Å². The number of aliphatic hydroxyl groups excluding tert-OH is 1. The van der Waals surface area contributed by atoms with E-state index in [4.69, 9.17) is 0 Å². The molecule has 1 saturated carbocycles. The summed E-state index contributed by atoms with van der Waals surface area (Å²) in [4.78, 5) is 16.3. The van der Waals surface area contributed by atoms with Gasteiger partial charge in [0, 0.05) is 29.7 Å². The summed E-state index contributed by atoms with van der Waals surface area (Å²) >= 11 is 0. The van der Waals surface area contributed by atoms with E-state index in [1.54, 1.807) is 10.9 Å². The van der Waals surface area contributed by atoms with Crippen molar-refractivity contribution in [2.75, 3.05) is 0 Å². The van der Waals surface area contributed by atoms with Gasteiger partial charge in [-0.1, -0.05) is 11.6 Å². The number of fused-ring (bicyclic) bond motifs is 1. The Kier molecular flexibility index (Phi) is 4.07. The second-order valence-electron chi connectivity index (χ2n) is 7.46. The number of aromatic nitrogens is 3. The Labute approximate surface area is 152 Å². The normalized spacial score (nSPS) is 20.8. The first-order chi connectivity index (χ1) is 12.4. The van der Waals surface area contributed by atoms with Crippen LogP contribution in [0.1, 0.15) is 46.1 Å². The summed E-state index contributed by atoms with van der Waals surface area (Å²) in [7, 11) is 1.86. The Morgan fingerprint density at radius 2 is 2.15 bits per heavy atom. The third kappa shape index (κ3) is 2.90. The van der Waals surface area contributed by atoms with Crippen LogP contribution in [-0.2, 0) is 7.05 Å². The summed E-state index contributed by atoms with van der Waals surface area (Å²) in [6.07, 6.45) is 4.85. The molecule has 1 aliphatic carbocycles. The van der Waals surface area contributed by atoms with Gasteiger partial charge in [0.1, 0.15) is 5.69 Å². The van der Waals surface area contributed by atoms with E-state index < -0.39 is 0 Å². The maximum absolute atomic E-state index is 13.0. The number of nitrogens with one attached hydrogen (secondary N) is 2. The van der Waals surface area contributed by atoms with Crippen molar-refractivity contribution >= 4 is 16.8 Å². The van der Waals surface area contributed by atoms with Gasteiger partial charge in [-0.05, 0) is 50.3 Å². The lowest BCUT2D eigenvalue weighted by Gasteiger charge is -2.37. The number of hydrogen-bond donors (Lipinski definition) is 3. The standard InChI is InChI=1S/C20H24N4O2/c1-11-4-5-17-16(6-11)12(2)18(22-17)20(26)23-19(13-7-15(25)8-13)14-9-21-24(3)10-14/h4-6,9-10,13,15,19,22,25H,7-8H2,1-3H3,(H,23,26)/t13?,15?,19-/m0/s1. The first-order valence-corrected chi connectivity index (χ1v) is 8.98. The zero-order valence-electron chi connectivity index (χ0n) is 15.3. The molecule has 1 amide bonds. The van der Waals surface area contributed by atoms with E-state index in [2.05, 4.69) is 21.5 Å². The molecule has 1 aliphatic rings. The Morgan fingerprint density at radius 1 is 1.38 bits per heavy atom. The monoisotopic (exact) mass is 352 g/mol. The summed E-state index contributed by atoms with van der Waals surface area (Å²) in [5.74, 6) is 0.108. The molecule has 1 fully saturated rings. The van der Waals surface area contributed by atoms with Gasteiger partial charge in [0.15, 0.2) is 0 Å². The highest BCUT2D eigenvalue weighted by Crippen LogP contribution is 2.38. The van der Waals surface area contributed by atoms with Crippen LogP contribution in [0.15, 0.2) is 30.6 Å². The summed E-state index contributed by atoms with van der Waals surface area (Å²) in [5.41, 5.74) is 4.67. The summed E-state index contributed by atoms with van der Waals surface area (Å²) in [6.45, 7) is 4.02. The highest BCUT2D eigenvalue weighted by atomic mass is 16.3. The van der Waals surface area contributed by atoms with E-state index in [9.17, 15) is 9.90 Å². The quantitative estimate of drug-likeness (QED) is 0.675. The van der Waals surface area contributed by atoms with Crippen LogP contribution < -0.4 is 5.32 Å². The second kappa shape index (κ2) is 6.29. The van der Waals surface area contributed by atoms with Crippen LogP contribution in [-0.4, -0.2) is 31.9 Å². The molecule has 0 unspecified atom stereocenters. The summed E-state index contributed by atoms with van der Waals surface area (Å²) in [6, 6.07) is 6.00. The molecule has 0 spiro atoms. The molecule has 1 atom stereocenters. The van der Waals surface area contributed by atoms with Crippen LogP contribution in [0.3, 0.4) is 0 Å². The minimum Gasteiger partial charge on any atom is -0.393 e. The highest BCUT2D eigenvalue weighted by molar-refractivity contribution is 6.01. The van der Waals surface area contributed by atoms with Crippen molar-refractivity contribution in [3.05, 3.63) is 53.0 Å². The lowest BCUT2D eigenvalue weighted by Crippen LogP contribution is -2.41. The average molecular weight is 352 g/mol. The Balaban J connectivity index is 1.63.